The highest BCUT2D eigenvalue weighted by Gasteiger charge is 2.12. The van der Waals surface area contributed by atoms with E-state index in [0.717, 1.165) is 11.1 Å². The molecular weight excluding hydrogens is 328 g/mol. The third-order valence-electron chi connectivity index (χ3n) is 3.33. The SMILES string of the molecule is Clc1ccc(-c2noc(Cn3nnc(-c4ccccc4)n3)n2)cc1. The number of hydrogen-bond donors (Lipinski definition) is 0. The number of nitrogens with zero attached hydrogens (tertiary/aromatic N) is 6. The van der Waals surface area contributed by atoms with Crippen molar-refractivity contribution < 1.29 is 4.52 Å². The minimum absolute atomic E-state index is 0.250. The Morgan fingerprint density at radius 2 is 1.67 bits per heavy atom. The van der Waals surface area contributed by atoms with Gasteiger partial charge in [-0.2, -0.15) is 9.78 Å². The summed E-state index contributed by atoms with van der Waals surface area (Å²) in [6.45, 7) is 0.250. The molecule has 4 aromatic rings. The van der Waals surface area contributed by atoms with Gasteiger partial charge in [-0.3, -0.25) is 0 Å². The van der Waals surface area contributed by atoms with Crippen LogP contribution in [0.3, 0.4) is 0 Å². The summed E-state index contributed by atoms with van der Waals surface area (Å²) in [5.41, 5.74) is 1.72. The Morgan fingerprint density at radius 1 is 0.917 bits per heavy atom. The van der Waals surface area contributed by atoms with Gasteiger partial charge in [0.25, 0.3) is 5.89 Å². The average molecular weight is 339 g/mol. The van der Waals surface area contributed by atoms with Crippen molar-refractivity contribution in [3.8, 4) is 22.8 Å². The van der Waals surface area contributed by atoms with Crippen LogP contribution in [0.1, 0.15) is 5.89 Å². The first-order chi connectivity index (χ1) is 11.8. The molecule has 0 fully saturated rings. The fraction of sp³-hybridized carbons (Fsp3) is 0.0625. The van der Waals surface area contributed by atoms with Gasteiger partial charge in [0, 0.05) is 16.1 Å². The van der Waals surface area contributed by atoms with Gasteiger partial charge in [-0.15, -0.1) is 10.2 Å². The van der Waals surface area contributed by atoms with Crippen molar-refractivity contribution >= 4 is 11.6 Å². The molecule has 0 unspecified atom stereocenters. The maximum absolute atomic E-state index is 5.87. The largest absolute Gasteiger partial charge is 0.337 e. The van der Waals surface area contributed by atoms with Gasteiger partial charge in [-0.1, -0.05) is 47.1 Å². The fourth-order valence-corrected chi connectivity index (χ4v) is 2.30. The van der Waals surface area contributed by atoms with E-state index in [0.29, 0.717) is 22.6 Å². The molecule has 4 rings (SSSR count). The third kappa shape index (κ3) is 3.02. The Labute approximate surface area is 141 Å². The Balaban J connectivity index is 1.52. The molecule has 8 heteroatoms. The van der Waals surface area contributed by atoms with Crippen molar-refractivity contribution in [3.05, 3.63) is 65.5 Å². The second kappa shape index (κ2) is 6.21. The highest BCUT2D eigenvalue weighted by molar-refractivity contribution is 6.30. The molecule has 0 saturated heterocycles. The Bertz CT molecular complexity index is 948. The number of halogens is 1. The van der Waals surface area contributed by atoms with Crippen LogP contribution >= 0.6 is 11.6 Å². The topological polar surface area (TPSA) is 82.5 Å². The summed E-state index contributed by atoms with van der Waals surface area (Å²) in [5, 5.41) is 17.0. The molecule has 2 heterocycles. The van der Waals surface area contributed by atoms with E-state index >= 15 is 0 Å². The molecule has 7 nitrogen and oxygen atoms in total. The van der Waals surface area contributed by atoms with Gasteiger partial charge in [-0.05, 0) is 29.5 Å². The summed E-state index contributed by atoms with van der Waals surface area (Å²) in [6, 6.07) is 16.8. The van der Waals surface area contributed by atoms with Crippen LogP contribution in [0.15, 0.2) is 59.1 Å². The molecule has 0 N–H and O–H groups in total. The monoisotopic (exact) mass is 338 g/mol. The minimum atomic E-state index is 0.250. The molecule has 0 radical (unpaired) electrons. The first-order valence-corrected chi connectivity index (χ1v) is 7.57. The lowest BCUT2D eigenvalue weighted by atomic mass is 10.2. The second-order valence-electron chi connectivity index (χ2n) is 5.03. The standard InChI is InChI=1S/C16H11ClN6O/c17-13-8-6-12(7-9-13)15-18-14(24-21-15)10-23-20-16(19-22-23)11-4-2-1-3-5-11/h1-9H,10H2. The van der Waals surface area contributed by atoms with Crippen LogP contribution in [0.25, 0.3) is 22.8 Å². The van der Waals surface area contributed by atoms with Crippen molar-refractivity contribution in [1.82, 2.24) is 30.3 Å². The van der Waals surface area contributed by atoms with Gasteiger partial charge >= 0.3 is 0 Å². The van der Waals surface area contributed by atoms with Crippen LogP contribution in [-0.4, -0.2) is 30.3 Å². The summed E-state index contributed by atoms with van der Waals surface area (Å²) in [7, 11) is 0. The molecule has 0 spiro atoms. The number of hydrogen-bond acceptors (Lipinski definition) is 6. The highest BCUT2D eigenvalue weighted by atomic mass is 35.5. The number of benzene rings is 2. The molecule has 0 saturated carbocycles. The van der Waals surface area contributed by atoms with Crippen molar-refractivity contribution in [1.29, 1.82) is 0 Å². The zero-order chi connectivity index (χ0) is 16.4. The Morgan fingerprint density at radius 3 is 2.46 bits per heavy atom. The van der Waals surface area contributed by atoms with Crippen molar-refractivity contribution in [2.45, 2.75) is 6.54 Å². The van der Waals surface area contributed by atoms with Crippen LogP contribution < -0.4 is 0 Å². The van der Waals surface area contributed by atoms with E-state index in [1.807, 2.05) is 42.5 Å². The van der Waals surface area contributed by atoms with Crippen LogP contribution in [0.2, 0.25) is 5.02 Å². The van der Waals surface area contributed by atoms with Crippen LogP contribution in [0, 0.1) is 0 Å². The summed E-state index contributed by atoms with van der Waals surface area (Å²) in [4.78, 5) is 5.76. The van der Waals surface area contributed by atoms with Gasteiger partial charge in [0.2, 0.25) is 11.6 Å². The molecule has 2 aromatic carbocycles. The van der Waals surface area contributed by atoms with E-state index < -0.39 is 0 Å². The summed E-state index contributed by atoms with van der Waals surface area (Å²) in [5.74, 6) is 1.44. The quantitative estimate of drug-likeness (QED) is 0.568. The molecule has 0 aliphatic carbocycles. The molecule has 0 aliphatic heterocycles. The minimum Gasteiger partial charge on any atom is -0.337 e. The highest BCUT2D eigenvalue weighted by Crippen LogP contribution is 2.19. The zero-order valence-electron chi connectivity index (χ0n) is 12.4. The lowest BCUT2D eigenvalue weighted by Gasteiger charge is -1.94. The van der Waals surface area contributed by atoms with Crippen molar-refractivity contribution in [3.63, 3.8) is 0 Å². The fourth-order valence-electron chi connectivity index (χ4n) is 2.17. The number of rotatable bonds is 4. The maximum Gasteiger partial charge on any atom is 0.250 e. The van der Waals surface area contributed by atoms with Crippen molar-refractivity contribution in [2.24, 2.45) is 0 Å². The van der Waals surface area contributed by atoms with Crippen molar-refractivity contribution in [2.75, 3.05) is 0 Å². The normalized spacial score (nSPS) is 10.9. The molecule has 0 aliphatic rings. The molecule has 2 aromatic heterocycles. The number of tetrazole rings is 1. The Kier molecular flexibility index (Phi) is 3.76. The van der Waals surface area contributed by atoms with E-state index in [2.05, 4.69) is 25.6 Å². The average Bonchev–Trinajstić information content (AvgIpc) is 3.27. The smallest absolute Gasteiger partial charge is 0.250 e. The molecule has 0 amide bonds. The lowest BCUT2D eigenvalue weighted by Crippen LogP contribution is -2.04. The lowest BCUT2D eigenvalue weighted by molar-refractivity contribution is 0.356. The second-order valence-corrected chi connectivity index (χ2v) is 5.46. The first-order valence-electron chi connectivity index (χ1n) is 7.20. The molecule has 24 heavy (non-hydrogen) atoms. The predicted molar refractivity (Wildman–Crippen MR) is 87.1 cm³/mol. The van der Waals surface area contributed by atoms with Crippen LogP contribution in [0.4, 0.5) is 0 Å². The van der Waals surface area contributed by atoms with E-state index in [1.165, 1.54) is 4.80 Å². The van der Waals surface area contributed by atoms with E-state index in [9.17, 15) is 0 Å². The molecule has 0 atom stereocenters. The third-order valence-corrected chi connectivity index (χ3v) is 3.58. The van der Waals surface area contributed by atoms with Crippen LogP contribution in [0.5, 0.6) is 0 Å². The Hall–Kier alpha value is -3.06. The zero-order valence-corrected chi connectivity index (χ0v) is 13.1. The summed E-state index contributed by atoms with van der Waals surface area (Å²) in [6.07, 6.45) is 0. The predicted octanol–water partition coefficient (Wildman–Crippen LogP) is 3.09. The maximum atomic E-state index is 5.87. The van der Waals surface area contributed by atoms with Crippen LogP contribution in [-0.2, 0) is 6.54 Å². The van der Waals surface area contributed by atoms with Gasteiger partial charge in [0.1, 0.15) is 6.54 Å². The molecule has 118 valence electrons. The van der Waals surface area contributed by atoms with E-state index in [4.69, 9.17) is 16.1 Å². The van der Waals surface area contributed by atoms with Gasteiger partial charge in [-0.25, -0.2) is 0 Å². The van der Waals surface area contributed by atoms with E-state index in [1.54, 1.807) is 12.1 Å². The molecule has 0 bridgehead atoms. The molecular formula is C16H11ClN6O. The van der Waals surface area contributed by atoms with E-state index in [-0.39, 0.29) is 6.54 Å². The van der Waals surface area contributed by atoms with Gasteiger partial charge in [0.05, 0.1) is 0 Å². The summed E-state index contributed by atoms with van der Waals surface area (Å²) < 4.78 is 5.25. The summed E-state index contributed by atoms with van der Waals surface area (Å²) >= 11 is 5.87. The van der Waals surface area contributed by atoms with Gasteiger partial charge in [0.15, 0.2) is 0 Å². The van der Waals surface area contributed by atoms with Gasteiger partial charge < -0.3 is 4.52 Å². The number of aromatic nitrogens is 6. The first kappa shape index (κ1) is 14.5.